The summed E-state index contributed by atoms with van der Waals surface area (Å²) >= 11 is 0. The fraction of sp³-hybridized carbons (Fsp3) is 0.316. The highest BCUT2D eigenvalue weighted by atomic mass is 16.3. The van der Waals surface area contributed by atoms with Crippen LogP contribution in [0.25, 0.3) is 0 Å². The number of nitrogens with one attached hydrogen (secondary N) is 2. The average Bonchev–Trinajstić information content (AvgIpc) is 2.60. The van der Waals surface area contributed by atoms with E-state index in [2.05, 4.69) is 10.6 Å². The summed E-state index contributed by atoms with van der Waals surface area (Å²) in [5.41, 5.74) is 1.98. The van der Waals surface area contributed by atoms with Gasteiger partial charge in [-0.3, -0.25) is 0 Å². The van der Waals surface area contributed by atoms with E-state index < -0.39 is 6.04 Å². The predicted molar refractivity (Wildman–Crippen MR) is 93.8 cm³/mol. The van der Waals surface area contributed by atoms with Gasteiger partial charge in [0.25, 0.3) is 0 Å². The zero-order valence-electron chi connectivity index (χ0n) is 13.8. The van der Waals surface area contributed by atoms with Crippen LogP contribution in [0.5, 0.6) is 5.75 Å². The standard InChI is InChI=1S/C19H24N2O3/c1-14(7-8-15-9-11-17(23)12-10-15)20-19(24)21-18(13-22)16-5-3-2-4-6-16/h2-6,9-12,14,18,22-23H,7-8,13H2,1H3,(H2,20,21,24). The fourth-order valence-corrected chi connectivity index (χ4v) is 2.46. The molecular weight excluding hydrogens is 304 g/mol. The summed E-state index contributed by atoms with van der Waals surface area (Å²) < 4.78 is 0. The molecule has 0 aromatic heterocycles. The topological polar surface area (TPSA) is 81.6 Å². The second-order valence-electron chi connectivity index (χ2n) is 5.87. The van der Waals surface area contributed by atoms with Crippen LogP contribution in [-0.2, 0) is 6.42 Å². The van der Waals surface area contributed by atoms with E-state index in [0.717, 1.165) is 24.0 Å². The second kappa shape index (κ2) is 8.93. The zero-order chi connectivity index (χ0) is 17.4. The molecule has 2 rings (SSSR count). The van der Waals surface area contributed by atoms with E-state index in [1.54, 1.807) is 12.1 Å². The molecule has 0 aliphatic rings. The van der Waals surface area contributed by atoms with Crippen LogP contribution in [0.15, 0.2) is 54.6 Å². The van der Waals surface area contributed by atoms with E-state index in [9.17, 15) is 15.0 Å². The number of benzene rings is 2. The highest BCUT2D eigenvalue weighted by molar-refractivity contribution is 5.74. The molecule has 0 aliphatic carbocycles. The molecule has 0 radical (unpaired) electrons. The first kappa shape index (κ1) is 17.8. The van der Waals surface area contributed by atoms with Crippen molar-refractivity contribution in [3.05, 3.63) is 65.7 Å². The lowest BCUT2D eigenvalue weighted by atomic mass is 10.1. The van der Waals surface area contributed by atoms with E-state index >= 15 is 0 Å². The molecular formula is C19H24N2O3. The first-order chi connectivity index (χ1) is 11.6. The van der Waals surface area contributed by atoms with Crippen molar-refractivity contribution in [1.82, 2.24) is 10.6 Å². The number of aromatic hydroxyl groups is 1. The average molecular weight is 328 g/mol. The zero-order valence-corrected chi connectivity index (χ0v) is 13.8. The lowest BCUT2D eigenvalue weighted by Gasteiger charge is -2.20. The number of aliphatic hydroxyl groups excluding tert-OH is 1. The van der Waals surface area contributed by atoms with Crippen molar-refractivity contribution >= 4 is 6.03 Å². The summed E-state index contributed by atoms with van der Waals surface area (Å²) in [6.07, 6.45) is 1.59. The minimum atomic E-state index is -0.421. The van der Waals surface area contributed by atoms with Crippen molar-refractivity contribution in [3.63, 3.8) is 0 Å². The SMILES string of the molecule is CC(CCc1ccc(O)cc1)NC(=O)NC(CO)c1ccccc1. The molecule has 2 amide bonds. The number of phenolic OH excluding ortho intramolecular Hbond substituents is 1. The monoisotopic (exact) mass is 328 g/mol. The Kier molecular flexibility index (Phi) is 6.63. The fourth-order valence-electron chi connectivity index (χ4n) is 2.46. The van der Waals surface area contributed by atoms with Gasteiger partial charge in [0, 0.05) is 6.04 Å². The number of hydrogen-bond acceptors (Lipinski definition) is 3. The van der Waals surface area contributed by atoms with Gasteiger partial charge in [-0.15, -0.1) is 0 Å². The van der Waals surface area contributed by atoms with E-state index in [0.29, 0.717) is 0 Å². The summed E-state index contributed by atoms with van der Waals surface area (Å²) in [5, 5.41) is 24.4. The molecule has 0 saturated heterocycles. The number of aliphatic hydroxyl groups is 1. The molecule has 0 heterocycles. The van der Waals surface area contributed by atoms with Gasteiger partial charge in [0.15, 0.2) is 0 Å². The number of amides is 2. The highest BCUT2D eigenvalue weighted by Gasteiger charge is 2.14. The van der Waals surface area contributed by atoms with E-state index in [1.807, 2.05) is 49.4 Å². The number of hydrogen-bond donors (Lipinski definition) is 4. The normalized spacial score (nSPS) is 13.1. The van der Waals surface area contributed by atoms with Crippen LogP contribution >= 0.6 is 0 Å². The molecule has 0 bridgehead atoms. The van der Waals surface area contributed by atoms with Crippen LogP contribution < -0.4 is 10.6 Å². The number of rotatable bonds is 7. The summed E-state index contributed by atoms with van der Waals surface area (Å²) in [6.45, 7) is 1.79. The van der Waals surface area contributed by atoms with Crippen LogP contribution in [0.1, 0.15) is 30.5 Å². The summed E-state index contributed by atoms with van der Waals surface area (Å²) in [4.78, 5) is 12.1. The first-order valence-corrected chi connectivity index (χ1v) is 8.09. The third-order valence-corrected chi connectivity index (χ3v) is 3.87. The van der Waals surface area contributed by atoms with Gasteiger partial charge >= 0.3 is 6.03 Å². The summed E-state index contributed by atoms with van der Waals surface area (Å²) in [6, 6.07) is 15.7. The lowest BCUT2D eigenvalue weighted by molar-refractivity contribution is 0.214. The lowest BCUT2D eigenvalue weighted by Crippen LogP contribution is -2.43. The largest absolute Gasteiger partial charge is 0.508 e. The summed E-state index contributed by atoms with van der Waals surface area (Å²) in [7, 11) is 0. The van der Waals surface area contributed by atoms with E-state index in [1.165, 1.54) is 0 Å². The number of phenols is 1. The van der Waals surface area contributed by atoms with Gasteiger partial charge in [0.05, 0.1) is 12.6 Å². The maximum absolute atomic E-state index is 12.1. The molecule has 128 valence electrons. The van der Waals surface area contributed by atoms with Crippen molar-refractivity contribution in [1.29, 1.82) is 0 Å². The van der Waals surface area contributed by atoms with Crippen molar-refractivity contribution < 1.29 is 15.0 Å². The number of aryl methyl sites for hydroxylation is 1. The molecule has 2 atom stereocenters. The molecule has 5 heteroatoms. The van der Waals surface area contributed by atoms with Crippen LogP contribution in [0, 0.1) is 0 Å². The molecule has 0 aliphatic heterocycles. The van der Waals surface area contributed by atoms with Gasteiger partial charge in [0.2, 0.25) is 0 Å². The van der Waals surface area contributed by atoms with Crippen molar-refractivity contribution in [2.75, 3.05) is 6.61 Å². The van der Waals surface area contributed by atoms with Gasteiger partial charge in [-0.25, -0.2) is 4.79 Å². The minimum Gasteiger partial charge on any atom is -0.508 e. The number of urea groups is 1. The molecule has 2 aromatic carbocycles. The number of carbonyl (C=O) groups excluding carboxylic acids is 1. The van der Waals surface area contributed by atoms with Gasteiger partial charge in [-0.1, -0.05) is 42.5 Å². The van der Waals surface area contributed by atoms with Crippen molar-refractivity contribution in [2.45, 2.75) is 31.8 Å². The third kappa shape index (κ3) is 5.59. The molecule has 0 spiro atoms. The molecule has 4 N–H and O–H groups in total. The predicted octanol–water partition coefficient (Wildman–Crippen LogP) is 2.75. The molecule has 24 heavy (non-hydrogen) atoms. The van der Waals surface area contributed by atoms with Crippen LogP contribution in [0.2, 0.25) is 0 Å². The Bertz CT molecular complexity index is 629. The van der Waals surface area contributed by atoms with Crippen molar-refractivity contribution in [3.8, 4) is 5.75 Å². The molecule has 0 fully saturated rings. The quantitative estimate of drug-likeness (QED) is 0.631. The van der Waals surface area contributed by atoms with Gasteiger partial charge < -0.3 is 20.8 Å². The van der Waals surface area contributed by atoms with Crippen LogP contribution in [0.3, 0.4) is 0 Å². The maximum atomic E-state index is 12.1. The van der Waals surface area contributed by atoms with E-state index in [-0.39, 0.29) is 24.4 Å². The first-order valence-electron chi connectivity index (χ1n) is 8.09. The van der Waals surface area contributed by atoms with Gasteiger partial charge in [-0.2, -0.15) is 0 Å². The Morgan fingerprint density at radius 2 is 1.71 bits per heavy atom. The van der Waals surface area contributed by atoms with Crippen LogP contribution in [-0.4, -0.2) is 28.9 Å². The maximum Gasteiger partial charge on any atom is 0.315 e. The molecule has 0 saturated carbocycles. The van der Waals surface area contributed by atoms with Crippen molar-refractivity contribution in [2.24, 2.45) is 0 Å². The molecule has 2 aromatic rings. The smallest absolute Gasteiger partial charge is 0.315 e. The third-order valence-electron chi connectivity index (χ3n) is 3.87. The second-order valence-corrected chi connectivity index (χ2v) is 5.87. The van der Waals surface area contributed by atoms with Gasteiger partial charge in [-0.05, 0) is 43.0 Å². The Hall–Kier alpha value is -2.53. The van der Waals surface area contributed by atoms with E-state index in [4.69, 9.17) is 0 Å². The Labute approximate surface area is 142 Å². The Morgan fingerprint density at radius 1 is 1.04 bits per heavy atom. The minimum absolute atomic E-state index is 0.00563. The molecule has 2 unspecified atom stereocenters. The Balaban J connectivity index is 1.79. The molecule has 5 nitrogen and oxygen atoms in total. The summed E-state index contributed by atoms with van der Waals surface area (Å²) in [5.74, 6) is 0.250. The van der Waals surface area contributed by atoms with Gasteiger partial charge in [0.1, 0.15) is 5.75 Å². The van der Waals surface area contributed by atoms with Crippen LogP contribution in [0.4, 0.5) is 4.79 Å². The highest BCUT2D eigenvalue weighted by Crippen LogP contribution is 2.13. The number of carbonyl (C=O) groups is 1. The Morgan fingerprint density at radius 3 is 2.33 bits per heavy atom.